The van der Waals surface area contributed by atoms with Crippen LogP contribution in [0.3, 0.4) is 0 Å². The molecule has 1 rings (SSSR count). The van der Waals surface area contributed by atoms with E-state index in [4.69, 9.17) is 0 Å². The molecule has 0 saturated carbocycles. The molecule has 0 spiro atoms. The fraction of sp³-hybridized carbons (Fsp3) is 0.182. The van der Waals surface area contributed by atoms with Crippen molar-refractivity contribution in [3.8, 4) is 0 Å². The Balaban J connectivity index is 2.74. The molecule has 0 fully saturated rings. The van der Waals surface area contributed by atoms with Crippen LogP contribution in [-0.4, -0.2) is 22.2 Å². The number of carbonyl (C=O) groups is 2. The van der Waals surface area contributed by atoms with Gasteiger partial charge in [0.2, 0.25) is 11.6 Å². The molecule has 0 unspecified atom stereocenters. The molecule has 0 aliphatic heterocycles. The Morgan fingerprint density at radius 2 is 1.78 bits per heavy atom. The monoisotopic (exact) mass is 249 g/mol. The molecule has 18 heavy (non-hydrogen) atoms. The van der Waals surface area contributed by atoms with E-state index in [0.29, 0.717) is 5.69 Å². The number of Topliss-reactive ketones (excluding diaryl/α,β-unsaturated/α-hetero) is 2. The number of hydrogen-bond acceptors (Lipinski definition) is 6. The van der Waals surface area contributed by atoms with Crippen LogP contribution < -0.4 is 5.43 Å². The van der Waals surface area contributed by atoms with E-state index in [2.05, 4.69) is 10.5 Å². The number of nitro groups is 1. The molecule has 0 heterocycles. The molecule has 1 aromatic rings. The van der Waals surface area contributed by atoms with Gasteiger partial charge in [0.05, 0.1) is 10.6 Å². The van der Waals surface area contributed by atoms with E-state index in [1.54, 1.807) is 0 Å². The summed E-state index contributed by atoms with van der Waals surface area (Å²) in [5.74, 6) is -1.27. The van der Waals surface area contributed by atoms with Gasteiger partial charge in [-0.25, -0.2) is 0 Å². The number of nitrogens with zero attached hydrogens (tertiary/aromatic N) is 2. The molecule has 94 valence electrons. The standard InChI is InChI=1S/C11H11N3O4/c1-7(11(16)8(2)15)12-13-9-3-5-10(6-4-9)14(17)18/h3-6,13H,1-2H3/b12-7+. The Bertz CT molecular complexity index is 520. The van der Waals surface area contributed by atoms with Crippen LogP contribution in [0.4, 0.5) is 11.4 Å². The van der Waals surface area contributed by atoms with Gasteiger partial charge in [-0.15, -0.1) is 0 Å². The maximum atomic E-state index is 11.2. The topological polar surface area (TPSA) is 102 Å². The number of non-ortho nitro benzene ring substituents is 1. The number of hydrazone groups is 1. The quantitative estimate of drug-likeness (QED) is 0.369. The van der Waals surface area contributed by atoms with Crippen molar-refractivity contribution in [2.45, 2.75) is 13.8 Å². The van der Waals surface area contributed by atoms with Crippen LogP contribution in [-0.2, 0) is 9.59 Å². The zero-order valence-electron chi connectivity index (χ0n) is 9.84. The highest BCUT2D eigenvalue weighted by Gasteiger charge is 2.11. The smallest absolute Gasteiger partial charge is 0.269 e. The molecule has 0 radical (unpaired) electrons. The average molecular weight is 249 g/mol. The molecule has 7 heteroatoms. The number of anilines is 1. The van der Waals surface area contributed by atoms with E-state index in [0.717, 1.165) is 6.92 Å². The minimum absolute atomic E-state index is 0.0286. The third-order valence-corrected chi connectivity index (χ3v) is 2.08. The summed E-state index contributed by atoms with van der Waals surface area (Å²) in [6.07, 6.45) is 0. The van der Waals surface area contributed by atoms with Gasteiger partial charge in [-0.1, -0.05) is 0 Å². The van der Waals surface area contributed by atoms with Gasteiger partial charge in [0.15, 0.2) is 0 Å². The highest BCUT2D eigenvalue weighted by Crippen LogP contribution is 2.15. The second-order valence-electron chi connectivity index (χ2n) is 3.50. The van der Waals surface area contributed by atoms with Crippen molar-refractivity contribution in [2.75, 3.05) is 5.43 Å². The molecular weight excluding hydrogens is 238 g/mol. The lowest BCUT2D eigenvalue weighted by molar-refractivity contribution is -0.384. The third-order valence-electron chi connectivity index (χ3n) is 2.08. The van der Waals surface area contributed by atoms with E-state index in [-0.39, 0.29) is 11.4 Å². The van der Waals surface area contributed by atoms with Crippen LogP contribution in [0, 0.1) is 10.1 Å². The van der Waals surface area contributed by atoms with E-state index < -0.39 is 16.5 Å². The minimum Gasteiger partial charge on any atom is -0.291 e. The molecular formula is C11H11N3O4. The maximum Gasteiger partial charge on any atom is 0.269 e. The highest BCUT2D eigenvalue weighted by atomic mass is 16.6. The van der Waals surface area contributed by atoms with Gasteiger partial charge in [0.25, 0.3) is 5.69 Å². The van der Waals surface area contributed by atoms with Crippen LogP contribution in [0.1, 0.15) is 13.8 Å². The van der Waals surface area contributed by atoms with Crippen molar-refractivity contribution in [1.29, 1.82) is 0 Å². The second-order valence-corrected chi connectivity index (χ2v) is 3.50. The Hall–Kier alpha value is -2.57. The predicted octanol–water partition coefficient (Wildman–Crippen LogP) is 1.54. The summed E-state index contributed by atoms with van der Waals surface area (Å²) in [5.41, 5.74) is 3.01. The normalized spacial score (nSPS) is 10.9. The molecule has 7 nitrogen and oxygen atoms in total. The third kappa shape index (κ3) is 3.48. The Kier molecular flexibility index (Phi) is 4.25. The predicted molar refractivity (Wildman–Crippen MR) is 65.5 cm³/mol. The van der Waals surface area contributed by atoms with Crippen molar-refractivity contribution in [3.63, 3.8) is 0 Å². The number of nitro benzene ring substituents is 1. The van der Waals surface area contributed by atoms with Crippen LogP contribution in [0.15, 0.2) is 29.4 Å². The fourth-order valence-electron chi connectivity index (χ4n) is 1.11. The van der Waals surface area contributed by atoms with Gasteiger partial charge < -0.3 is 0 Å². The zero-order chi connectivity index (χ0) is 13.7. The largest absolute Gasteiger partial charge is 0.291 e. The Morgan fingerprint density at radius 3 is 2.22 bits per heavy atom. The molecule has 0 amide bonds. The Morgan fingerprint density at radius 1 is 1.22 bits per heavy atom. The van der Waals surface area contributed by atoms with Gasteiger partial charge in [0, 0.05) is 19.1 Å². The van der Waals surface area contributed by atoms with E-state index >= 15 is 0 Å². The molecule has 0 atom stereocenters. The summed E-state index contributed by atoms with van der Waals surface area (Å²) >= 11 is 0. The molecule has 0 aromatic heterocycles. The van der Waals surface area contributed by atoms with E-state index in [1.165, 1.54) is 31.2 Å². The van der Waals surface area contributed by atoms with Crippen LogP contribution in [0.2, 0.25) is 0 Å². The molecule has 0 aliphatic rings. The summed E-state index contributed by atoms with van der Waals surface area (Å²) in [5, 5.41) is 14.1. The Labute approximate surface area is 103 Å². The fourth-order valence-corrected chi connectivity index (χ4v) is 1.11. The molecule has 1 aromatic carbocycles. The summed E-state index contributed by atoms with van der Waals surface area (Å²) < 4.78 is 0. The van der Waals surface area contributed by atoms with Gasteiger partial charge in [-0.2, -0.15) is 5.10 Å². The molecule has 1 N–H and O–H groups in total. The number of nitrogens with one attached hydrogen (secondary N) is 1. The second kappa shape index (κ2) is 5.67. The number of carbonyl (C=O) groups excluding carboxylic acids is 2. The van der Waals surface area contributed by atoms with Crippen molar-refractivity contribution in [3.05, 3.63) is 34.4 Å². The van der Waals surface area contributed by atoms with Crippen molar-refractivity contribution in [2.24, 2.45) is 5.10 Å². The van der Waals surface area contributed by atoms with Crippen LogP contribution >= 0.6 is 0 Å². The molecule has 0 bridgehead atoms. The van der Waals surface area contributed by atoms with Crippen LogP contribution in [0.25, 0.3) is 0 Å². The van der Waals surface area contributed by atoms with Crippen molar-refractivity contribution < 1.29 is 14.5 Å². The van der Waals surface area contributed by atoms with Crippen molar-refractivity contribution >= 4 is 28.7 Å². The van der Waals surface area contributed by atoms with Crippen molar-refractivity contribution in [1.82, 2.24) is 0 Å². The number of benzene rings is 1. The summed E-state index contributed by atoms with van der Waals surface area (Å²) in [4.78, 5) is 31.9. The lowest BCUT2D eigenvalue weighted by atomic mass is 10.2. The number of hydrogen-bond donors (Lipinski definition) is 1. The van der Waals surface area contributed by atoms with Crippen LogP contribution in [0.5, 0.6) is 0 Å². The lowest BCUT2D eigenvalue weighted by Crippen LogP contribution is -2.19. The highest BCUT2D eigenvalue weighted by molar-refractivity contribution is 6.64. The summed E-state index contributed by atoms with van der Waals surface area (Å²) in [6.45, 7) is 2.56. The maximum absolute atomic E-state index is 11.2. The first-order valence-electron chi connectivity index (χ1n) is 5.02. The minimum atomic E-state index is -0.676. The van der Waals surface area contributed by atoms with E-state index in [9.17, 15) is 19.7 Å². The molecule has 0 saturated heterocycles. The van der Waals surface area contributed by atoms with Gasteiger partial charge >= 0.3 is 0 Å². The first kappa shape index (κ1) is 13.5. The SMILES string of the molecule is CC(=O)C(=O)/C(C)=N/Nc1ccc([N+](=O)[O-])cc1. The number of rotatable bonds is 5. The first-order valence-corrected chi connectivity index (χ1v) is 5.02. The summed E-state index contributed by atoms with van der Waals surface area (Å²) in [7, 11) is 0. The molecule has 0 aliphatic carbocycles. The average Bonchev–Trinajstić information content (AvgIpc) is 2.35. The van der Waals surface area contributed by atoms with Gasteiger partial charge in [-0.05, 0) is 19.1 Å². The van der Waals surface area contributed by atoms with Gasteiger partial charge in [0.1, 0.15) is 5.71 Å². The van der Waals surface area contributed by atoms with E-state index in [1.807, 2.05) is 0 Å². The zero-order valence-corrected chi connectivity index (χ0v) is 9.84. The first-order chi connectivity index (χ1) is 8.41. The summed E-state index contributed by atoms with van der Waals surface area (Å²) in [6, 6.07) is 5.51. The lowest BCUT2D eigenvalue weighted by Gasteiger charge is -2.01. The number of ketones is 2. The van der Waals surface area contributed by atoms with Gasteiger partial charge in [-0.3, -0.25) is 25.1 Å².